The maximum Gasteiger partial charge on any atom is 0.249 e. The number of rotatable bonds is 18. The molecule has 0 aliphatic carbocycles. The fraction of sp³-hybridized carbons (Fsp3) is 0.605. The Balaban J connectivity index is 1.78. The van der Waals surface area contributed by atoms with Gasteiger partial charge in [0.05, 0.1) is 42.5 Å². The summed E-state index contributed by atoms with van der Waals surface area (Å²) in [6, 6.07) is 10.1. The van der Waals surface area contributed by atoms with Crippen LogP contribution in [0.15, 0.2) is 48.8 Å². The van der Waals surface area contributed by atoms with E-state index >= 15 is 0 Å². The highest BCUT2D eigenvalue weighted by Crippen LogP contribution is 2.33. The van der Waals surface area contributed by atoms with E-state index in [2.05, 4.69) is 24.1 Å². The molecule has 1 aromatic heterocycles. The van der Waals surface area contributed by atoms with Crippen LogP contribution in [0.4, 0.5) is 0 Å². The molecule has 3 N–H and O–H groups in total. The fourth-order valence-corrected chi connectivity index (χ4v) is 7.34. The van der Waals surface area contributed by atoms with Gasteiger partial charge in [0.15, 0.2) is 0 Å². The Morgan fingerprint density at radius 3 is 2.31 bits per heavy atom. The average Bonchev–Trinajstić information content (AvgIpc) is 3.58. The van der Waals surface area contributed by atoms with Gasteiger partial charge in [-0.15, -0.1) is 0 Å². The molecule has 0 bridgehead atoms. The van der Waals surface area contributed by atoms with Crippen LogP contribution in [0.1, 0.15) is 87.7 Å². The van der Waals surface area contributed by atoms with E-state index in [1.165, 1.54) is 0 Å². The molecule has 49 heavy (non-hydrogen) atoms. The van der Waals surface area contributed by atoms with Gasteiger partial charge in [-0.1, -0.05) is 59.2 Å². The van der Waals surface area contributed by atoms with E-state index in [0.717, 1.165) is 24.8 Å². The van der Waals surface area contributed by atoms with Gasteiger partial charge in [0.25, 0.3) is 0 Å². The number of likely N-dealkylation sites (tertiary alicyclic amines) is 1. The summed E-state index contributed by atoms with van der Waals surface area (Å²) in [4.78, 5) is 61.5. The topological polar surface area (TPSA) is 144 Å². The van der Waals surface area contributed by atoms with E-state index in [1.807, 2.05) is 37.8 Å². The third-order valence-electron chi connectivity index (χ3n) is 10.2. The molecule has 1 aliphatic rings. The zero-order chi connectivity index (χ0) is 36.2. The molecule has 3 rings (SSSR count). The molecule has 270 valence electrons. The van der Waals surface area contributed by atoms with Gasteiger partial charge in [-0.05, 0) is 60.4 Å². The van der Waals surface area contributed by atoms with Crippen LogP contribution in [-0.2, 0) is 30.3 Å². The number of methoxy groups -OCH3 is 2. The zero-order valence-corrected chi connectivity index (χ0v) is 30.6. The molecule has 4 amide bonds. The van der Waals surface area contributed by atoms with Crippen molar-refractivity contribution in [1.29, 1.82) is 0 Å². The molecule has 0 saturated carbocycles. The Morgan fingerprint density at radius 1 is 1.04 bits per heavy atom. The van der Waals surface area contributed by atoms with E-state index in [4.69, 9.17) is 15.2 Å². The van der Waals surface area contributed by atoms with Crippen molar-refractivity contribution in [3.8, 4) is 0 Å². The first kappa shape index (κ1) is 39.6. The Labute approximate surface area is 292 Å². The normalized spacial score (nSPS) is 18.3. The molecule has 11 nitrogen and oxygen atoms in total. The Bertz CT molecular complexity index is 1390. The van der Waals surface area contributed by atoms with Gasteiger partial charge in [-0.25, -0.2) is 0 Å². The third-order valence-corrected chi connectivity index (χ3v) is 10.2. The van der Waals surface area contributed by atoms with Crippen molar-refractivity contribution in [1.82, 2.24) is 20.1 Å². The van der Waals surface area contributed by atoms with Crippen LogP contribution in [0.5, 0.6) is 0 Å². The molecular formula is C38H57N5O6. The maximum atomic E-state index is 14.3. The molecule has 1 aromatic carbocycles. The molecule has 2 heterocycles. The number of nitrogens with zero attached hydrogens (tertiary/aromatic N) is 3. The number of hydrogen-bond acceptors (Lipinski definition) is 7. The quantitative estimate of drug-likeness (QED) is 0.240. The summed E-state index contributed by atoms with van der Waals surface area (Å²) < 4.78 is 11.9. The molecule has 2 aromatic rings. The summed E-state index contributed by atoms with van der Waals surface area (Å²) in [6.45, 7) is 10.9. The van der Waals surface area contributed by atoms with Crippen molar-refractivity contribution in [3.05, 3.63) is 65.5 Å². The Morgan fingerprint density at radius 2 is 1.71 bits per heavy atom. The van der Waals surface area contributed by atoms with Gasteiger partial charge in [0.2, 0.25) is 23.6 Å². The first-order valence-corrected chi connectivity index (χ1v) is 17.5. The summed E-state index contributed by atoms with van der Waals surface area (Å²) >= 11 is 0. The van der Waals surface area contributed by atoms with Crippen molar-refractivity contribution >= 4 is 23.6 Å². The molecule has 0 spiro atoms. The Hall–Kier alpha value is -3.83. The second-order valence-electron chi connectivity index (χ2n) is 13.7. The van der Waals surface area contributed by atoms with E-state index < -0.39 is 36.0 Å². The number of aromatic nitrogens is 1. The number of benzene rings is 1. The number of nitrogens with one attached hydrogen (secondary N) is 1. The second kappa shape index (κ2) is 18.8. The standard InChI is InChI=1S/C38H57N5O6/c1-9-25(4)34(42(6)38(47)33(24(2)3)28-13-10-11-14-29(28)36(39)45)31(48-7)23-32(44)43-22-12-15-30(43)35(49-8)26(5)37(46)41-21-18-27-16-19-40-20-17-27/h10-11,13-14,16-17,19-20,24-26,30-31,33-35H,9,12,15,18,21-23H2,1-8H3,(H2,39,45)(H,41,46)/t25-,26+,30-,31+,33-,34-,35+/m0/s1. The summed E-state index contributed by atoms with van der Waals surface area (Å²) in [5.74, 6) is -2.18. The van der Waals surface area contributed by atoms with Crippen LogP contribution >= 0.6 is 0 Å². The Kier molecular flexibility index (Phi) is 15.2. The average molecular weight is 680 g/mol. The summed E-state index contributed by atoms with van der Waals surface area (Å²) in [6.07, 6.45) is 5.41. The molecule has 0 unspecified atom stereocenters. The van der Waals surface area contributed by atoms with Crippen LogP contribution in [0.25, 0.3) is 0 Å². The minimum atomic E-state index is -0.615. The largest absolute Gasteiger partial charge is 0.379 e. The van der Waals surface area contributed by atoms with Gasteiger partial charge in [0, 0.05) is 52.3 Å². The molecule has 7 atom stereocenters. The number of primary amides is 1. The number of nitrogens with two attached hydrogens (primary N) is 1. The van der Waals surface area contributed by atoms with E-state index in [1.54, 1.807) is 62.8 Å². The number of likely N-dealkylation sites (N-methyl/N-ethyl adjacent to an activating group) is 1. The zero-order valence-electron chi connectivity index (χ0n) is 30.6. The highest BCUT2D eigenvalue weighted by atomic mass is 16.5. The highest BCUT2D eigenvalue weighted by Gasteiger charge is 2.43. The van der Waals surface area contributed by atoms with Gasteiger partial charge in [-0.3, -0.25) is 24.2 Å². The third kappa shape index (κ3) is 9.88. The van der Waals surface area contributed by atoms with E-state index in [0.29, 0.717) is 30.6 Å². The fourth-order valence-electron chi connectivity index (χ4n) is 7.34. The monoisotopic (exact) mass is 679 g/mol. The second-order valence-corrected chi connectivity index (χ2v) is 13.7. The number of pyridine rings is 1. The molecule has 0 radical (unpaired) electrons. The van der Waals surface area contributed by atoms with Crippen molar-refractivity contribution in [3.63, 3.8) is 0 Å². The van der Waals surface area contributed by atoms with Crippen LogP contribution < -0.4 is 11.1 Å². The molecular weight excluding hydrogens is 622 g/mol. The number of carbonyl (C=O) groups is 4. The summed E-state index contributed by atoms with van der Waals surface area (Å²) in [5.41, 5.74) is 7.71. The lowest BCUT2D eigenvalue weighted by molar-refractivity contribution is -0.146. The van der Waals surface area contributed by atoms with Gasteiger partial charge in [-0.2, -0.15) is 0 Å². The first-order chi connectivity index (χ1) is 23.4. The predicted octanol–water partition coefficient (Wildman–Crippen LogP) is 4.20. The molecule has 1 saturated heterocycles. The number of hydrogen-bond donors (Lipinski definition) is 2. The lowest BCUT2D eigenvalue weighted by Crippen LogP contribution is -2.54. The minimum Gasteiger partial charge on any atom is -0.379 e. The van der Waals surface area contributed by atoms with Crippen LogP contribution in [0.3, 0.4) is 0 Å². The van der Waals surface area contributed by atoms with Crippen molar-refractivity contribution in [2.75, 3.05) is 34.4 Å². The van der Waals surface area contributed by atoms with Crippen LogP contribution in [0, 0.1) is 17.8 Å². The number of amides is 4. The maximum absolute atomic E-state index is 14.3. The first-order valence-electron chi connectivity index (χ1n) is 17.5. The minimum absolute atomic E-state index is 0.00265. The number of carbonyl (C=O) groups excluding carboxylic acids is 4. The van der Waals surface area contributed by atoms with Crippen molar-refractivity contribution in [2.24, 2.45) is 23.5 Å². The molecule has 11 heteroatoms. The SMILES string of the molecule is CC[C@H](C)[C@@H]([C@@H](CC(=O)N1CCC[C@H]1[C@H](OC)[C@@H](C)C(=O)NCCc1ccncc1)OC)N(C)C(=O)[C@H](c1ccccc1C(N)=O)C(C)C. The lowest BCUT2D eigenvalue weighted by Gasteiger charge is -2.41. The van der Waals surface area contributed by atoms with Gasteiger partial charge >= 0.3 is 0 Å². The highest BCUT2D eigenvalue weighted by molar-refractivity contribution is 5.97. The van der Waals surface area contributed by atoms with E-state index in [9.17, 15) is 19.2 Å². The smallest absolute Gasteiger partial charge is 0.249 e. The van der Waals surface area contributed by atoms with Crippen LogP contribution in [0.2, 0.25) is 0 Å². The lowest BCUT2D eigenvalue weighted by atomic mass is 9.82. The van der Waals surface area contributed by atoms with Crippen molar-refractivity contribution in [2.45, 2.75) is 96.9 Å². The van der Waals surface area contributed by atoms with Crippen molar-refractivity contribution < 1.29 is 28.7 Å². The number of ether oxygens (including phenoxy) is 2. The predicted molar refractivity (Wildman–Crippen MR) is 190 cm³/mol. The van der Waals surface area contributed by atoms with E-state index in [-0.39, 0.29) is 42.0 Å². The molecule has 1 aliphatic heterocycles. The van der Waals surface area contributed by atoms with Gasteiger partial charge < -0.3 is 30.3 Å². The van der Waals surface area contributed by atoms with Gasteiger partial charge in [0.1, 0.15) is 0 Å². The summed E-state index contributed by atoms with van der Waals surface area (Å²) in [7, 11) is 4.92. The van der Waals surface area contributed by atoms with Crippen LogP contribution in [-0.4, -0.2) is 97.1 Å². The summed E-state index contributed by atoms with van der Waals surface area (Å²) in [5, 5.41) is 3.02. The molecule has 1 fully saturated rings.